The van der Waals surface area contributed by atoms with Crippen molar-refractivity contribution in [1.82, 2.24) is 20.0 Å². The molecule has 1 aromatic rings. The molecule has 1 atom stereocenters. The molecule has 0 saturated carbocycles. The molecule has 6 nitrogen and oxygen atoms in total. The van der Waals surface area contributed by atoms with Crippen molar-refractivity contribution in [2.75, 3.05) is 44.7 Å². The average molecular weight is 329 g/mol. The summed E-state index contributed by atoms with van der Waals surface area (Å²) >= 11 is 0. The Morgan fingerprint density at radius 3 is 2.71 bits per heavy atom. The molecule has 3 saturated heterocycles. The molecule has 3 fully saturated rings. The number of likely N-dealkylation sites (N-methyl/N-ethyl adjacent to an activating group) is 1. The number of carbonyl (C=O) groups is 1. The van der Waals surface area contributed by atoms with Crippen LogP contribution in [0, 0.1) is 5.41 Å². The van der Waals surface area contributed by atoms with Crippen LogP contribution < -0.4 is 4.90 Å². The van der Waals surface area contributed by atoms with E-state index in [1.165, 1.54) is 0 Å². The molecule has 4 rings (SSSR count). The zero-order valence-corrected chi connectivity index (χ0v) is 14.5. The van der Waals surface area contributed by atoms with E-state index in [0.717, 1.165) is 70.6 Å². The Balaban J connectivity index is 1.42. The van der Waals surface area contributed by atoms with Crippen LogP contribution in [-0.2, 0) is 4.79 Å². The number of carbonyl (C=O) groups excluding carboxylic acids is 1. The normalized spacial score (nSPS) is 27.9. The molecule has 1 amide bonds. The van der Waals surface area contributed by atoms with Crippen LogP contribution >= 0.6 is 0 Å². The first-order valence-electron chi connectivity index (χ1n) is 9.16. The van der Waals surface area contributed by atoms with Gasteiger partial charge in [0, 0.05) is 44.8 Å². The molecular formula is C18H27N5O. The summed E-state index contributed by atoms with van der Waals surface area (Å²) in [7, 11) is 2.16. The van der Waals surface area contributed by atoms with E-state index < -0.39 is 0 Å². The summed E-state index contributed by atoms with van der Waals surface area (Å²) in [6, 6.07) is 4.41. The van der Waals surface area contributed by atoms with Crippen molar-refractivity contribution < 1.29 is 4.79 Å². The van der Waals surface area contributed by atoms with Crippen LogP contribution in [0.1, 0.15) is 32.1 Å². The van der Waals surface area contributed by atoms with Crippen molar-refractivity contribution in [3.8, 4) is 0 Å². The second kappa shape index (κ2) is 6.31. The maximum atomic E-state index is 12.5. The monoisotopic (exact) mass is 329 g/mol. The third-order valence-electron chi connectivity index (χ3n) is 6.21. The fourth-order valence-electron chi connectivity index (χ4n) is 4.62. The first-order chi connectivity index (χ1) is 11.7. The van der Waals surface area contributed by atoms with Crippen LogP contribution in [0.4, 0.5) is 5.82 Å². The number of nitrogens with zero attached hydrogens (tertiary/aromatic N) is 5. The predicted octanol–water partition coefficient (Wildman–Crippen LogP) is 1.39. The van der Waals surface area contributed by atoms with Crippen molar-refractivity contribution in [2.24, 2.45) is 5.41 Å². The van der Waals surface area contributed by atoms with E-state index in [0.29, 0.717) is 17.4 Å². The smallest absolute Gasteiger partial charge is 0.222 e. The highest BCUT2D eigenvalue weighted by Crippen LogP contribution is 2.42. The molecule has 3 aliphatic heterocycles. The molecule has 0 aromatic carbocycles. The first kappa shape index (κ1) is 15.8. The lowest BCUT2D eigenvalue weighted by Gasteiger charge is -2.49. The van der Waals surface area contributed by atoms with E-state index in [1.54, 1.807) is 6.20 Å². The van der Waals surface area contributed by atoms with Gasteiger partial charge in [-0.25, -0.2) is 0 Å². The summed E-state index contributed by atoms with van der Waals surface area (Å²) in [5, 5.41) is 8.24. The number of likely N-dealkylation sites (tertiary alicyclic amines) is 2. The lowest BCUT2D eigenvalue weighted by atomic mass is 9.72. The van der Waals surface area contributed by atoms with Gasteiger partial charge in [-0.05, 0) is 56.8 Å². The van der Waals surface area contributed by atoms with Gasteiger partial charge in [-0.2, -0.15) is 5.10 Å². The van der Waals surface area contributed by atoms with Crippen molar-refractivity contribution >= 4 is 11.7 Å². The summed E-state index contributed by atoms with van der Waals surface area (Å²) < 4.78 is 0. The maximum Gasteiger partial charge on any atom is 0.222 e. The summed E-state index contributed by atoms with van der Waals surface area (Å²) in [6.45, 7) is 5.14. The van der Waals surface area contributed by atoms with E-state index in [9.17, 15) is 4.79 Å². The number of amides is 1. The van der Waals surface area contributed by atoms with Crippen molar-refractivity contribution in [1.29, 1.82) is 0 Å². The average Bonchev–Trinajstić information content (AvgIpc) is 3.05. The highest BCUT2D eigenvalue weighted by molar-refractivity contribution is 5.77. The molecule has 3 aliphatic rings. The van der Waals surface area contributed by atoms with Crippen LogP contribution in [0.3, 0.4) is 0 Å². The van der Waals surface area contributed by atoms with Crippen LogP contribution in [0.2, 0.25) is 0 Å². The van der Waals surface area contributed by atoms with Gasteiger partial charge >= 0.3 is 0 Å². The Morgan fingerprint density at radius 2 is 2.04 bits per heavy atom. The number of anilines is 1. The molecule has 24 heavy (non-hydrogen) atoms. The van der Waals surface area contributed by atoms with Gasteiger partial charge < -0.3 is 14.7 Å². The maximum absolute atomic E-state index is 12.5. The van der Waals surface area contributed by atoms with Crippen LogP contribution in [-0.4, -0.2) is 71.7 Å². The Bertz CT molecular complexity index is 584. The van der Waals surface area contributed by atoms with Gasteiger partial charge in [-0.3, -0.25) is 4.79 Å². The fraction of sp³-hybridized carbons (Fsp3) is 0.722. The molecule has 4 heterocycles. The standard InChI is InChI=1S/C18H27N5O/c1-21-10-5-15(13-21)23-14-18(6-4-17(23)24)7-11-22(12-8-18)16-3-2-9-19-20-16/h2-3,9,15H,4-8,10-14H2,1H3/t15-/m1/s1. The van der Waals surface area contributed by atoms with Gasteiger partial charge in [0.25, 0.3) is 0 Å². The zero-order valence-electron chi connectivity index (χ0n) is 14.5. The van der Waals surface area contributed by atoms with Gasteiger partial charge in [-0.15, -0.1) is 5.10 Å². The molecule has 0 aliphatic carbocycles. The summed E-state index contributed by atoms with van der Waals surface area (Å²) in [6.07, 6.45) is 6.93. The van der Waals surface area contributed by atoms with Gasteiger partial charge in [-0.1, -0.05) is 0 Å². The zero-order chi connectivity index (χ0) is 16.6. The van der Waals surface area contributed by atoms with Crippen LogP contribution in [0.5, 0.6) is 0 Å². The number of hydrogen-bond donors (Lipinski definition) is 0. The highest BCUT2D eigenvalue weighted by atomic mass is 16.2. The number of hydrogen-bond acceptors (Lipinski definition) is 5. The second-order valence-electron chi connectivity index (χ2n) is 7.80. The SMILES string of the molecule is CN1CC[C@@H](N2CC3(CCC2=O)CCN(c2cccnn2)CC3)C1. The van der Waals surface area contributed by atoms with E-state index in [-0.39, 0.29) is 0 Å². The van der Waals surface area contributed by atoms with Gasteiger partial charge in [0.2, 0.25) is 5.91 Å². The molecule has 130 valence electrons. The predicted molar refractivity (Wildman–Crippen MR) is 92.8 cm³/mol. The van der Waals surface area contributed by atoms with Crippen molar-refractivity contribution in [3.05, 3.63) is 18.3 Å². The van der Waals surface area contributed by atoms with E-state index >= 15 is 0 Å². The molecule has 1 aromatic heterocycles. The third-order valence-corrected chi connectivity index (χ3v) is 6.21. The van der Waals surface area contributed by atoms with Gasteiger partial charge in [0.05, 0.1) is 0 Å². The Hall–Kier alpha value is -1.69. The van der Waals surface area contributed by atoms with E-state index in [1.807, 2.05) is 12.1 Å². The van der Waals surface area contributed by atoms with Gasteiger partial charge in [0.1, 0.15) is 0 Å². The lowest BCUT2D eigenvalue weighted by Crippen LogP contribution is -2.55. The topological polar surface area (TPSA) is 52.6 Å². The Kier molecular flexibility index (Phi) is 4.16. The van der Waals surface area contributed by atoms with Crippen LogP contribution in [0.25, 0.3) is 0 Å². The lowest BCUT2D eigenvalue weighted by molar-refractivity contribution is -0.141. The van der Waals surface area contributed by atoms with Crippen LogP contribution in [0.15, 0.2) is 18.3 Å². The minimum atomic E-state index is 0.313. The van der Waals surface area contributed by atoms with Crippen molar-refractivity contribution in [2.45, 2.75) is 38.1 Å². The summed E-state index contributed by atoms with van der Waals surface area (Å²) in [5.41, 5.74) is 0.313. The number of aromatic nitrogens is 2. The Labute approximate surface area is 143 Å². The molecular weight excluding hydrogens is 302 g/mol. The first-order valence-corrected chi connectivity index (χ1v) is 9.16. The fourth-order valence-corrected chi connectivity index (χ4v) is 4.62. The number of rotatable bonds is 2. The quantitative estimate of drug-likeness (QED) is 0.821. The highest BCUT2D eigenvalue weighted by Gasteiger charge is 2.43. The second-order valence-corrected chi connectivity index (χ2v) is 7.80. The summed E-state index contributed by atoms with van der Waals surface area (Å²) in [5.74, 6) is 1.35. The largest absolute Gasteiger partial charge is 0.355 e. The van der Waals surface area contributed by atoms with Gasteiger partial charge in [0.15, 0.2) is 5.82 Å². The molecule has 0 bridgehead atoms. The van der Waals surface area contributed by atoms with E-state index in [2.05, 4.69) is 31.9 Å². The van der Waals surface area contributed by atoms with Crippen molar-refractivity contribution in [3.63, 3.8) is 0 Å². The molecule has 0 radical (unpaired) electrons. The molecule has 0 unspecified atom stereocenters. The molecule has 6 heteroatoms. The summed E-state index contributed by atoms with van der Waals surface area (Å²) in [4.78, 5) is 19.4. The Morgan fingerprint density at radius 1 is 1.21 bits per heavy atom. The number of piperidine rings is 2. The third kappa shape index (κ3) is 2.99. The van der Waals surface area contributed by atoms with E-state index in [4.69, 9.17) is 0 Å². The molecule has 1 spiro atoms. The minimum Gasteiger partial charge on any atom is -0.355 e. The molecule has 0 N–H and O–H groups in total. The minimum absolute atomic E-state index is 0.313.